The van der Waals surface area contributed by atoms with E-state index >= 15 is 0 Å². The van der Waals surface area contributed by atoms with Gasteiger partial charge in [-0.2, -0.15) is 0 Å². The topological polar surface area (TPSA) is 20.2 Å². The Labute approximate surface area is 118 Å². The number of aliphatic hydroxyl groups is 1. The quantitative estimate of drug-likeness (QED) is 0.833. The molecule has 0 spiro atoms. The van der Waals surface area contributed by atoms with Crippen molar-refractivity contribution in [3.8, 4) is 0 Å². The summed E-state index contributed by atoms with van der Waals surface area (Å²) in [6.07, 6.45) is -0.608. The van der Waals surface area contributed by atoms with Crippen molar-refractivity contribution in [3.05, 3.63) is 54.6 Å². The van der Waals surface area contributed by atoms with E-state index in [1.54, 1.807) is 0 Å². The molecule has 1 aromatic heterocycles. The first-order chi connectivity index (χ1) is 8.00. The SMILES string of the molecule is Cc1cc(C(O)c2cccc(Br)c2C)sc1Cl. The van der Waals surface area contributed by atoms with Crippen LogP contribution in [0.1, 0.15) is 27.7 Å². The van der Waals surface area contributed by atoms with Crippen molar-refractivity contribution in [1.29, 1.82) is 0 Å². The van der Waals surface area contributed by atoms with Gasteiger partial charge in [-0.15, -0.1) is 11.3 Å². The zero-order valence-corrected chi connectivity index (χ0v) is 12.7. The van der Waals surface area contributed by atoms with Crippen molar-refractivity contribution in [2.24, 2.45) is 0 Å². The first kappa shape index (κ1) is 13.1. The summed E-state index contributed by atoms with van der Waals surface area (Å²) >= 11 is 10.9. The molecular weight excluding hydrogens is 320 g/mol. The molecule has 1 unspecified atom stereocenters. The van der Waals surface area contributed by atoms with E-state index in [-0.39, 0.29) is 0 Å². The maximum absolute atomic E-state index is 10.4. The predicted octanol–water partition coefficient (Wildman–Crippen LogP) is 4.86. The highest BCUT2D eigenvalue weighted by Crippen LogP contribution is 2.36. The standard InChI is InChI=1S/C13H12BrClOS/c1-7-6-11(17-13(7)15)12(16)9-4-3-5-10(14)8(9)2/h3-6,12,16H,1-2H3. The Kier molecular flexibility index (Phi) is 3.93. The Morgan fingerprint density at radius 1 is 1.35 bits per heavy atom. The minimum atomic E-state index is -0.608. The normalized spacial score (nSPS) is 12.8. The lowest BCUT2D eigenvalue weighted by Crippen LogP contribution is -2.00. The Morgan fingerprint density at radius 2 is 2.06 bits per heavy atom. The van der Waals surface area contributed by atoms with Gasteiger partial charge in [0.1, 0.15) is 6.10 Å². The molecule has 2 rings (SSSR count). The summed E-state index contributed by atoms with van der Waals surface area (Å²) in [5, 5.41) is 10.4. The molecule has 2 aromatic rings. The van der Waals surface area contributed by atoms with E-state index in [2.05, 4.69) is 15.9 Å². The molecule has 17 heavy (non-hydrogen) atoms. The number of thiophene rings is 1. The van der Waals surface area contributed by atoms with Crippen LogP contribution in [0.5, 0.6) is 0 Å². The number of hydrogen-bond donors (Lipinski definition) is 1. The molecule has 1 atom stereocenters. The molecule has 1 aromatic carbocycles. The second-order valence-electron chi connectivity index (χ2n) is 3.96. The fourth-order valence-electron chi connectivity index (χ4n) is 1.69. The highest BCUT2D eigenvalue weighted by molar-refractivity contribution is 9.10. The van der Waals surface area contributed by atoms with Gasteiger partial charge in [-0.25, -0.2) is 0 Å². The van der Waals surface area contributed by atoms with Gasteiger partial charge in [-0.1, -0.05) is 39.7 Å². The van der Waals surface area contributed by atoms with E-state index in [9.17, 15) is 5.11 Å². The zero-order valence-electron chi connectivity index (χ0n) is 9.50. The molecule has 4 heteroatoms. The predicted molar refractivity (Wildman–Crippen MR) is 77.0 cm³/mol. The molecule has 0 bridgehead atoms. The molecule has 0 amide bonds. The van der Waals surface area contributed by atoms with Crippen molar-refractivity contribution in [3.63, 3.8) is 0 Å². The first-order valence-corrected chi connectivity index (χ1v) is 7.18. The summed E-state index contributed by atoms with van der Waals surface area (Å²) < 4.78 is 1.75. The first-order valence-electron chi connectivity index (χ1n) is 5.19. The largest absolute Gasteiger partial charge is 0.383 e. The lowest BCUT2D eigenvalue weighted by atomic mass is 10.0. The van der Waals surface area contributed by atoms with Crippen molar-refractivity contribution >= 4 is 38.9 Å². The van der Waals surface area contributed by atoms with E-state index in [1.165, 1.54) is 11.3 Å². The van der Waals surface area contributed by atoms with Crippen LogP contribution in [0, 0.1) is 13.8 Å². The fraction of sp³-hybridized carbons (Fsp3) is 0.231. The van der Waals surface area contributed by atoms with E-state index in [4.69, 9.17) is 11.6 Å². The van der Waals surface area contributed by atoms with Gasteiger partial charge >= 0.3 is 0 Å². The van der Waals surface area contributed by atoms with Gasteiger partial charge < -0.3 is 5.11 Å². The van der Waals surface area contributed by atoms with Crippen LogP contribution < -0.4 is 0 Å². The Bertz CT molecular complexity index is 531. The molecule has 0 aliphatic rings. The third kappa shape index (κ3) is 2.58. The number of hydrogen-bond acceptors (Lipinski definition) is 2. The molecule has 1 heterocycles. The molecule has 0 aliphatic heterocycles. The molecule has 0 fully saturated rings. The smallest absolute Gasteiger partial charge is 0.114 e. The summed E-state index contributed by atoms with van der Waals surface area (Å²) in [5.74, 6) is 0. The number of aryl methyl sites for hydroxylation is 1. The third-order valence-electron chi connectivity index (χ3n) is 2.75. The fourth-order valence-corrected chi connectivity index (χ4v) is 3.30. The maximum atomic E-state index is 10.4. The van der Waals surface area contributed by atoms with Crippen LogP contribution in [0.2, 0.25) is 4.34 Å². The molecule has 1 nitrogen and oxygen atoms in total. The number of halogens is 2. The summed E-state index contributed by atoms with van der Waals surface area (Å²) in [6.45, 7) is 3.94. The summed E-state index contributed by atoms with van der Waals surface area (Å²) in [6, 6.07) is 7.78. The molecule has 90 valence electrons. The third-order valence-corrected chi connectivity index (χ3v) is 5.22. The molecule has 0 aliphatic carbocycles. The van der Waals surface area contributed by atoms with Gasteiger partial charge in [0.15, 0.2) is 0 Å². The van der Waals surface area contributed by atoms with Crippen molar-refractivity contribution < 1.29 is 5.11 Å². The van der Waals surface area contributed by atoms with Crippen molar-refractivity contribution in [1.82, 2.24) is 0 Å². The lowest BCUT2D eigenvalue weighted by molar-refractivity contribution is 0.223. The maximum Gasteiger partial charge on any atom is 0.114 e. The second kappa shape index (κ2) is 5.11. The van der Waals surface area contributed by atoms with E-state index in [1.807, 2.05) is 38.1 Å². The minimum Gasteiger partial charge on any atom is -0.383 e. The van der Waals surface area contributed by atoms with Gasteiger partial charge in [-0.3, -0.25) is 0 Å². The van der Waals surface area contributed by atoms with Crippen molar-refractivity contribution in [2.75, 3.05) is 0 Å². The van der Waals surface area contributed by atoms with Gasteiger partial charge in [0.25, 0.3) is 0 Å². The molecule has 0 saturated carbocycles. The lowest BCUT2D eigenvalue weighted by Gasteiger charge is -2.13. The average Bonchev–Trinajstić information content (AvgIpc) is 2.62. The van der Waals surface area contributed by atoms with E-state index in [0.717, 1.165) is 30.4 Å². The minimum absolute atomic E-state index is 0.608. The van der Waals surface area contributed by atoms with Gasteiger partial charge in [0.2, 0.25) is 0 Å². The number of rotatable bonds is 2. The number of aliphatic hydroxyl groups excluding tert-OH is 1. The average molecular weight is 332 g/mol. The molecule has 0 radical (unpaired) electrons. The van der Waals surface area contributed by atoms with Crippen LogP contribution in [-0.2, 0) is 0 Å². The van der Waals surface area contributed by atoms with Crippen LogP contribution in [0.3, 0.4) is 0 Å². The molecule has 1 N–H and O–H groups in total. The summed E-state index contributed by atoms with van der Waals surface area (Å²) in [5.41, 5.74) is 2.98. The highest BCUT2D eigenvalue weighted by Gasteiger charge is 2.17. The van der Waals surface area contributed by atoms with Gasteiger partial charge in [-0.05, 0) is 42.7 Å². The van der Waals surface area contributed by atoms with Gasteiger partial charge in [0.05, 0.1) is 4.34 Å². The van der Waals surface area contributed by atoms with Crippen LogP contribution in [-0.4, -0.2) is 5.11 Å². The van der Waals surface area contributed by atoms with E-state index in [0.29, 0.717) is 0 Å². The highest BCUT2D eigenvalue weighted by atomic mass is 79.9. The zero-order chi connectivity index (χ0) is 12.6. The van der Waals surface area contributed by atoms with Crippen LogP contribution in [0.15, 0.2) is 28.7 Å². The van der Waals surface area contributed by atoms with Crippen LogP contribution >= 0.6 is 38.9 Å². The Balaban J connectivity index is 2.43. The molecule has 0 saturated heterocycles. The molecular formula is C13H12BrClOS. The summed E-state index contributed by atoms with van der Waals surface area (Å²) in [7, 11) is 0. The summed E-state index contributed by atoms with van der Waals surface area (Å²) in [4.78, 5) is 0.883. The van der Waals surface area contributed by atoms with Crippen molar-refractivity contribution in [2.45, 2.75) is 20.0 Å². The van der Waals surface area contributed by atoms with Crippen LogP contribution in [0.25, 0.3) is 0 Å². The second-order valence-corrected chi connectivity index (χ2v) is 6.50. The van der Waals surface area contributed by atoms with Crippen LogP contribution in [0.4, 0.5) is 0 Å². The Morgan fingerprint density at radius 3 is 2.65 bits per heavy atom. The Hall–Kier alpha value is -0.350. The van der Waals surface area contributed by atoms with E-state index < -0.39 is 6.10 Å². The monoisotopic (exact) mass is 330 g/mol. The van der Waals surface area contributed by atoms with Gasteiger partial charge in [0, 0.05) is 9.35 Å². The number of benzene rings is 1.